The van der Waals surface area contributed by atoms with Crippen LogP contribution in [0.5, 0.6) is 0 Å². The van der Waals surface area contributed by atoms with Gasteiger partial charge in [0.1, 0.15) is 0 Å². The van der Waals surface area contributed by atoms with Crippen molar-refractivity contribution < 1.29 is 4.74 Å². The summed E-state index contributed by atoms with van der Waals surface area (Å²) in [6, 6.07) is 9.61. The summed E-state index contributed by atoms with van der Waals surface area (Å²) in [5.41, 5.74) is 2.02. The summed E-state index contributed by atoms with van der Waals surface area (Å²) in [5.74, 6) is 0. The molecule has 1 aromatic carbocycles. The van der Waals surface area contributed by atoms with Gasteiger partial charge in [-0.05, 0) is 24.3 Å². The van der Waals surface area contributed by atoms with Crippen molar-refractivity contribution >= 4 is 5.69 Å². The predicted octanol–water partition coefficient (Wildman–Crippen LogP) is 2.01. The summed E-state index contributed by atoms with van der Waals surface area (Å²) in [6.07, 6.45) is 0. The van der Waals surface area contributed by atoms with Crippen LogP contribution in [0.4, 0.5) is 5.69 Å². The lowest BCUT2D eigenvalue weighted by Crippen LogP contribution is -2.45. The molecule has 0 unspecified atom stereocenters. The molecule has 15 heavy (non-hydrogen) atoms. The Labute approximate surface area is 89.7 Å². The smallest absolute Gasteiger partial charge is 0.0991 e. The highest BCUT2D eigenvalue weighted by atomic mass is 16.5. The quantitative estimate of drug-likeness (QED) is 0.815. The Hall–Kier alpha value is -1.53. The minimum atomic E-state index is 0.272. The zero-order valence-corrected chi connectivity index (χ0v) is 8.79. The van der Waals surface area contributed by atoms with Crippen molar-refractivity contribution in [2.24, 2.45) is 5.41 Å². The summed E-state index contributed by atoms with van der Waals surface area (Å²) >= 11 is 0. The normalized spacial score (nSPS) is 17.6. The van der Waals surface area contributed by atoms with Crippen LogP contribution < -0.4 is 5.32 Å². The number of nitrogens with one attached hydrogen (secondary N) is 1. The third-order valence-corrected chi connectivity index (χ3v) is 2.63. The summed E-state index contributed by atoms with van der Waals surface area (Å²) in [4.78, 5) is 0. The van der Waals surface area contributed by atoms with E-state index in [1.807, 2.05) is 24.3 Å². The van der Waals surface area contributed by atoms with Gasteiger partial charge in [-0.1, -0.05) is 6.92 Å². The first kappa shape index (κ1) is 10.0. The summed E-state index contributed by atoms with van der Waals surface area (Å²) in [6.45, 7) is 4.78. The highest BCUT2D eigenvalue weighted by Crippen LogP contribution is 2.26. The van der Waals surface area contributed by atoms with E-state index < -0.39 is 0 Å². The SMILES string of the molecule is CC1(CNc2ccc(C#N)cc2)COC1. The van der Waals surface area contributed by atoms with E-state index in [2.05, 4.69) is 18.3 Å². The van der Waals surface area contributed by atoms with Crippen LogP contribution in [0.15, 0.2) is 24.3 Å². The second-order valence-corrected chi connectivity index (χ2v) is 4.35. The van der Waals surface area contributed by atoms with E-state index in [0.29, 0.717) is 5.56 Å². The Kier molecular flexibility index (Phi) is 2.61. The molecule has 1 heterocycles. The number of benzene rings is 1. The molecule has 1 saturated heterocycles. The molecule has 3 nitrogen and oxygen atoms in total. The third-order valence-electron chi connectivity index (χ3n) is 2.63. The molecule has 1 aliphatic heterocycles. The van der Waals surface area contributed by atoms with Gasteiger partial charge < -0.3 is 10.1 Å². The van der Waals surface area contributed by atoms with E-state index in [-0.39, 0.29) is 5.41 Å². The summed E-state index contributed by atoms with van der Waals surface area (Å²) in [7, 11) is 0. The van der Waals surface area contributed by atoms with E-state index >= 15 is 0 Å². The molecular formula is C12H14N2O. The highest BCUT2D eigenvalue weighted by molar-refractivity contribution is 5.47. The molecule has 0 amide bonds. The van der Waals surface area contributed by atoms with Crippen LogP contribution in [0.1, 0.15) is 12.5 Å². The molecular weight excluding hydrogens is 188 g/mol. The van der Waals surface area contributed by atoms with Crippen LogP contribution in [0, 0.1) is 16.7 Å². The fraction of sp³-hybridized carbons (Fsp3) is 0.417. The topological polar surface area (TPSA) is 45.0 Å². The molecule has 1 aromatic rings. The number of anilines is 1. The molecule has 1 aliphatic rings. The van der Waals surface area contributed by atoms with Crippen LogP contribution in [0.25, 0.3) is 0 Å². The van der Waals surface area contributed by atoms with Gasteiger partial charge in [-0.25, -0.2) is 0 Å². The van der Waals surface area contributed by atoms with Gasteiger partial charge in [0.15, 0.2) is 0 Å². The van der Waals surface area contributed by atoms with Crippen molar-refractivity contribution in [2.45, 2.75) is 6.92 Å². The lowest BCUT2D eigenvalue weighted by Gasteiger charge is -2.38. The predicted molar refractivity (Wildman–Crippen MR) is 58.6 cm³/mol. The largest absolute Gasteiger partial charge is 0.384 e. The first-order valence-corrected chi connectivity index (χ1v) is 5.04. The second kappa shape index (κ2) is 3.92. The maximum Gasteiger partial charge on any atom is 0.0991 e. The molecule has 0 spiro atoms. The van der Waals surface area contributed by atoms with E-state index in [1.165, 1.54) is 0 Å². The van der Waals surface area contributed by atoms with E-state index in [9.17, 15) is 0 Å². The molecule has 78 valence electrons. The molecule has 1 fully saturated rings. The van der Waals surface area contributed by atoms with Gasteiger partial charge in [-0.3, -0.25) is 0 Å². The number of ether oxygens (including phenoxy) is 1. The lowest BCUT2D eigenvalue weighted by molar-refractivity contribution is -0.0924. The molecule has 0 radical (unpaired) electrons. The third kappa shape index (κ3) is 2.28. The molecule has 0 bridgehead atoms. The fourth-order valence-electron chi connectivity index (χ4n) is 1.53. The molecule has 1 N–H and O–H groups in total. The number of hydrogen-bond donors (Lipinski definition) is 1. The Morgan fingerprint density at radius 3 is 2.53 bits per heavy atom. The number of hydrogen-bond acceptors (Lipinski definition) is 3. The van der Waals surface area contributed by atoms with Crippen molar-refractivity contribution in [3.05, 3.63) is 29.8 Å². The first-order valence-electron chi connectivity index (χ1n) is 5.04. The second-order valence-electron chi connectivity index (χ2n) is 4.35. The summed E-state index contributed by atoms with van der Waals surface area (Å²) in [5, 5.41) is 12.0. The molecule has 0 atom stereocenters. The van der Waals surface area contributed by atoms with Crippen molar-refractivity contribution in [1.82, 2.24) is 0 Å². The highest BCUT2D eigenvalue weighted by Gasteiger charge is 2.32. The Morgan fingerprint density at radius 2 is 2.07 bits per heavy atom. The van der Waals surface area contributed by atoms with Crippen LogP contribution in [-0.2, 0) is 4.74 Å². The number of nitriles is 1. The Bertz CT molecular complexity index is 374. The Morgan fingerprint density at radius 1 is 1.40 bits per heavy atom. The maximum absolute atomic E-state index is 8.65. The van der Waals surface area contributed by atoms with Crippen molar-refractivity contribution in [2.75, 3.05) is 25.1 Å². The van der Waals surface area contributed by atoms with Gasteiger partial charge in [0.25, 0.3) is 0 Å². The molecule has 3 heteroatoms. The van der Waals surface area contributed by atoms with E-state index in [4.69, 9.17) is 10.00 Å². The minimum Gasteiger partial charge on any atom is -0.384 e. The lowest BCUT2D eigenvalue weighted by atomic mass is 9.89. The first-order chi connectivity index (χ1) is 7.22. The van der Waals surface area contributed by atoms with Gasteiger partial charge in [-0.15, -0.1) is 0 Å². The van der Waals surface area contributed by atoms with Crippen LogP contribution in [0.2, 0.25) is 0 Å². The van der Waals surface area contributed by atoms with Gasteiger partial charge in [0, 0.05) is 17.6 Å². The molecule has 0 saturated carbocycles. The zero-order valence-electron chi connectivity index (χ0n) is 8.79. The minimum absolute atomic E-state index is 0.272. The van der Waals surface area contributed by atoms with Crippen molar-refractivity contribution in [3.63, 3.8) is 0 Å². The zero-order chi connectivity index (χ0) is 10.7. The van der Waals surface area contributed by atoms with E-state index in [1.54, 1.807) is 0 Å². The molecule has 0 aromatic heterocycles. The van der Waals surface area contributed by atoms with Crippen LogP contribution in [0.3, 0.4) is 0 Å². The van der Waals surface area contributed by atoms with Gasteiger partial charge in [0.05, 0.1) is 24.8 Å². The van der Waals surface area contributed by atoms with Crippen LogP contribution in [-0.4, -0.2) is 19.8 Å². The number of rotatable bonds is 3. The maximum atomic E-state index is 8.65. The number of nitrogens with zero attached hydrogens (tertiary/aromatic N) is 1. The monoisotopic (exact) mass is 202 g/mol. The van der Waals surface area contributed by atoms with E-state index in [0.717, 1.165) is 25.4 Å². The Balaban J connectivity index is 1.91. The average molecular weight is 202 g/mol. The van der Waals surface area contributed by atoms with Crippen molar-refractivity contribution in [3.8, 4) is 6.07 Å². The summed E-state index contributed by atoms with van der Waals surface area (Å²) < 4.78 is 5.18. The van der Waals surface area contributed by atoms with Gasteiger partial charge in [0.2, 0.25) is 0 Å². The van der Waals surface area contributed by atoms with Crippen LogP contribution >= 0.6 is 0 Å². The fourth-order valence-corrected chi connectivity index (χ4v) is 1.53. The molecule has 2 rings (SSSR count). The average Bonchev–Trinajstić information content (AvgIpc) is 2.24. The van der Waals surface area contributed by atoms with Crippen molar-refractivity contribution in [1.29, 1.82) is 5.26 Å². The van der Waals surface area contributed by atoms with Gasteiger partial charge >= 0.3 is 0 Å². The van der Waals surface area contributed by atoms with Gasteiger partial charge in [-0.2, -0.15) is 5.26 Å². The standard InChI is InChI=1S/C12H14N2O/c1-12(8-15-9-12)7-14-11-4-2-10(6-13)3-5-11/h2-5,14H,7-9H2,1H3. The molecule has 0 aliphatic carbocycles.